The van der Waals surface area contributed by atoms with Crippen LogP contribution in [0.25, 0.3) is 0 Å². The molecule has 0 fully saturated rings. The SMILES string of the molecule is CCOC(=O)C(C)N(C(C)=O)c1ccc(S(=O)(=O)c2ccc([N+](=O)[O-])cc2)cc1. The van der Waals surface area contributed by atoms with Crippen LogP contribution in [0.15, 0.2) is 58.3 Å². The van der Waals surface area contributed by atoms with Crippen molar-refractivity contribution in [3.63, 3.8) is 0 Å². The molecular formula is C19H20N2O7S. The highest BCUT2D eigenvalue weighted by Gasteiger charge is 2.27. The molecule has 0 aromatic heterocycles. The molecule has 29 heavy (non-hydrogen) atoms. The smallest absolute Gasteiger partial charge is 0.328 e. The van der Waals surface area contributed by atoms with Crippen LogP contribution in [0, 0.1) is 10.1 Å². The number of amides is 1. The highest BCUT2D eigenvalue weighted by atomic mass is 32.2. The number of carbonyl (C=O) groups is 2. The summed E-state index contributed by atoms with van der Waals surface area (Å²) in [6, 6.07) is 9.09. The van der Waals surface area contributed by atoms with Crippen LogP contribution < -0.4 is 4.90 Å². The molecule has 0 heterocycles. The number of carbonyl (C=O) groups excluding carboxylic acids is 2. The molecule has 9 nitrogen and oxygen atoms in total. The first-order chi connectivity index (χ1) is 13.6. The lowest BCUT2D eigenvalue weighted by Crippen LogP contribution is -2.43. The number of anilines is 1. The Kier molecular flexibility index (Phi) is 6.70. The Morgan fingerprint density at radius 3 is 1.97 bits per heavy atom. The van der Waals surface area contributed by atoms with Gasteiger partial charge in [-0.1, -0.05) is 0 Å². The number of benzene rings is 2. The Morgan fingerprint density at radius 1 is 1.07 bits per heavy atom. The average molecular weight is 420 g/mol. The summed E-state index contributed by atoms with van der Waals surface area (Å²) in [7, 11) is -3.91. The minimum absolute atomic E-state index is 0.0533. The van der Waals surface area contributed by atoms with Crippen LogP contribution >= 0.6 is 0 Å². The van der Waals surface area contributed by atoms with E-state index in [-0.39, 0.29) is 22.1 Å². The minimum Gasteiger partial charge on any atom is -0.464 e. The van der Waals surface area contributed by atoms with Crippen LogP contribution in [-0.2, 0) is 24.2 Å². The number of esters is 1. The largest absolute Gasteiger partial charge is 0.464 e. The Balaban J connectivity index is 2.35. The standard InChI is InChI=1S/C19H20N2O7S/c1-4-28-19(23)13(2)20(14(3)22)15-5-9-17(10-6-15)29(26,27)18-11-7-16(8-12-18)21(24)25/h5-13H,4H2,1-3H3. The highest BCUT2D eigenvalue weighted by Crippen LogP contribution is 2.26. The van der Waals surface area contributed by atoms with E-state index in [4.69, 9.17) is 4.74 Å². The molecule has 2 rings (SSSR count). The number of nitro groups is 1. The van der Waals surface area contributed by atoms with Gasteiger partial charge in [0, 0.05) is 24.7 Å². The van der Waals surface area contributed by atoms with Crippen molar-refractivity contribution in [1.29, 1.82) is 0 Å². The van der Waals surface area contributed by atoms with Crippen molar-refractivity contribution < 1.29 is 27.7 Å². The Bertz CT molecular complexity index is 1020. The number of hydrogen-bond acceptors (Lipinski definition) is 7. The number of sulfone groups is 1. The van der Waals surface area contributed by atoms with E-state index in [0.29, 0.717) is 5.69 Å². The first kappa shape index (κ1) is 22.0. The van der Waals surface area contributed by atoms with Crippen LogP contribution in [0.4, 0.5) is 11.4 Å². The molecule has 0 saturated carbocycles. The van der Waals surface area contributed by atoms with Crippen molar-refractivity contribution >= 4 is 33.1 Å². The van der Waals surface area contributed by atoms with Crippen LogP contribution in [0.5, 0.6) is 0 Å². The van der Waals surface area contributed by atoms with Gasteiger partial charge in [-0.15, -0.1) is 0 Å². The molecule has 0 aliphatic carbocycles. The molecule has 2 aromatic rings. The van der Waals surface area contributed by atoms with Crippen molar-refractivity contribution in [3.05, 3.63) is 58.6 Å². The number of non-ortho nitro benzene ring substituents is 1. The Hall–Kier alpha value is -3.27. The van der Waals surface area contributed by atoms with Crippen LogP contribution in [0.3, 0.4) is 0 Å². The van der Waals surface area contributed by atoms with E-state index in [1.165, 1.54) is 43.0 Å². The highest BCUT2D eigenvalue weighted by molar-refractivity contribution is 7.91. The fourth-order valence-electron chi connectivity index (χ4n) is 2.72. The molecule has 1 amide bonds. The van der Waals surface area contributed by atoms with Gasteiger partial charge in [0.15, 0.2) is 0 Å². The summed E-state index contributed by atoms with van der Waals surface area (Å²) in [6.07, 6.45) is 0. The van der Waals surface area contributed by atoms with Gasteiger partial charge in [-0.2, -0.15) is 0 Å². The van der Waals surface area contributed by atoms with Gasteiger partial charge in [-0.25, -0.2) is 13.2 Å². The normalized spacial score (nSPS) is 12.1. The average Bonchev–Trinajstić information content (AvgIpc) is 2.68. The molecule has 10 heteroatoms. The van der Waals surface area contributed by atoms with Crippen molar-refractivity contribution in [2.75, 3.05) is 11.5 Å². The first-order valence-electron chi connectivity index (χ1n) is 8.65. The zero-order chi connectivity index (χ0) is 21.8. The second-order valence-corrected chi connectivity index (χ2v) is 8.02. The van der Waals surface area contributed by atoms with Gasteiger partial charge in [0.05, 0.1) is 21.3 Å². The van der Waals surface area contributed by atoms with Gasteiger partial charge in [0.2, 0.25) is 15.7 Å². The quantitative estimate of drug-likeness (QED) is 0.383. The summed E-state index contributed by atoms with van der Waals surface area (Å²) in [5.41, 5.74) is 0.116. The van der Waals surface area contributed by atoms with Crippen molar-refractivity contribution in [3.8, 4) is 0 Å². The van der Waals surface area contributed by atoms with Crippen LogP contribution in [0.1, 0.15) is 20.8 Å². The molecule has 0 radical (unpaired) electrons. The molecule has 0 saturated heterocycles. The third kappa shape index (κ3) is 4.77. The zero-order valence-corrected chi connectivity index (χ0v) is 16.9. The van der Waals surface area contributed by atoms with Gasteiger partial charge in [-0.3, -0.25) is 19.8 Å². The summed E-state index contributed by atoms with van der Waals surface area (Å²) in [5.74, 6) is -0.984. The summed E-state index contributed by atoms with van der Waals surface area (Å²) < 4.78 is 30.4. The van der Waals surface area contributed by atoms with E-state index >= 15 is 0 Å². The molecule has 0 aliphatic heterocycles. The Morgan fingerprint density at radius 2 is 1.55 bits per heavy atom. The van der Waals surface area contributed by atoms with Crippen LogP contribution in [-0.4, -0.2) is 37.9 Å². The Labute approximate surface area is 168 Å². The van der Waals surface area contributed by atoms with Gasteiger partial charge >= 0.3 is 5.97 Å². The molecular weight excluding hydrogens is 400 g/mol. The lowest BCUT2D eigenvalue weighted by atomic mass is 10.2. The van der Waals surface area contributed by atoms with E-state index in [1.807, 2.05) is 0 Å². The number of hydrogen-bond donors (Lipinski definition) is 0. The maximum atomic E-state index is 12.7. The lowest BCUT2D eigenvalue weighted by molar-refractivity contribution is -0.384. The number of nitro benzene ring substituents is 1. The summed E-state index contributed by atoms with van der Waals surface area (Å²) in [5, 5.41) is 10.7. The van der Waals surface area contributed by atoms with Crippen molar-refractivity contribution in [2.45, 2.75) is 36.6 Å². The predicted molar refractivity (Wildman–Crippen MR) is 104 cm³/mol. The van der Waals surface area contributed by atoms with Gasteiger partial charge in [-0.05, 0) is 50.2 Å². The lowest BCUT2D eigenvalue weighted by Gasteiger charge is -2.26. The summed E-state index contributed by atoms with van der Waals surface area (Å²) in [6.45, 7) is 4.63. The fraction of sp³-hybridized carbons (Fsp3) is 0.263. The number of rotatable bonds is 7. The third-order valence-corrected chi connectivity index (χ3v) is 5.92. The van der Waals surface area contributed by atoms with Crippen molar-refractivity contribution in [1.82, 2.24) is 0 Å². The van der Waals surface area contributed by atoms with Crippen molar-refractivity contribution in [2.24, 2.45) is 0 Å². The van der Waals surface area contributed by atoms with Gasteiger partial charge < -0.3 is 4.74 Å². The second-order valence-electron chi connectivity index (χ2n) is 6.07. The minimum atomic E-state index is -3.91. The summed E-state index contributed by atoms with van der Waals surface area (Å²) in [4.78, 5) is 35.2. The maximum Gasteiger partial charge on any atom is 0.328 e. The molecule has 0 spiro atoms. The predicted octanol–water partition coefficient (Wildman–Crippen LogP) is 2.73. The fourth-order valence-corrected chi connectivity index (χ4v) is 3.98. The second kappa shape index (κ2) is 8.82. The molecule has 0 aliphatic rings. The zero-order valence-electron chi connectivity index (χ0n) is 16.1. The monoisotopic (exact) mass is 420 g/mol. The molecule has 0 bridgehead atoms. The maximum absolute atomic E-state index is 12.7. The summed E-state index contributed by atoms with van der Waals surface area (Å²) >= 11 is 0. The topological polar surface area (TPSA) is 124 Å². The van der Waals surface area contributed by atoms with E-state index in [2.05, 4.69) is 0 Å². The third-order valence-electron chi connectivity index (χ3n) is 4.14. The molecule has 2 aromatic carbocycles. The molecule has 1 unspecified atom stereocenters. The van der Waals surface area contributed by atoms with E-state index in [1.54, 1.807) is 6.92 Å². The molecule has 0 N–H and O–H groups in total. The number of ether oxygens (including phenoxy) is 1. The van der Waals surface area contributed by atoms with E-state index in [9.17, 15) is 28.1 Å². The van der Waals surface area contributed by atoms with Gasteiger partial charge in [0.1, 0.15) is 6.04 Å². The first-order valence-corrected chi connectivity index (χ1v) is 10.1. The van der Waals surface area contributed by atoms with Crippen LogP contribution in [0.2, 0.25) is 0 Å². The molecule has 154 valence electrons. The van der Waals surface area contributed by atoms with E-state index in [0.717, 1.165) is 24.3 Å². The van der Waals surface area contributed by atoms with Gasteiger partial charge in [0.25, 0.3) is 5.69 Å². The van der Waals surface area contributed by atoms with E-state index < -0.39 is 32.7 Å². The number of nitrogens with zero attached hydrogens (tertiary/aromatic N) is 2. The molecule has 1 atom stereocenters.